The maximum absolute atomic E-state index is 14.3. The SMILES string of the molecule is CC1Cc2cc(OCc3cc(-c4cccc(C(F)(F)F)c4)ccc3F)ncc2C1C(=O)O. The van der Waals surface area contributed by atoms with Gasteiger partial charge in [0.25, 0.3) is 0 Å². The molecule has 0 spiro atoms. The van der Waals surface area contributed by atoms with Crippen LogP contribution in [-0.2, 0) is 24.0 Å². The molecule has 166 valence electrons. The number of carbonyl (C=O) groups is 1. The normalized spacial score (nSPS) is 17.8. The van der Waals surface area contributed by atoms with Gasteiger partial charge in [-0.1, -0.05) is 25.1 Å². The Kier molecular flexibility index (Phi) is 5.62. The summed E-state index contributed by atoms with van der Waals surface area (Å²) in [5, 5.41) is 9.40. The molecule has 0 radical (unpaired) electrons. The third-order valence-corrected chi connectivity index (χ3v) is 5.66. The molecule has 1 N–H and O–H groups in total. The number of carboxylic acid groups (broad SMARTS) is 1. The molecule has 0 saturated carbocycles. The van der Waals surface area contributed by atoms with Crippen molar-refractivity contribution < 1.29 is 32.2 Å². The summed E-state index contributed by atoms with van der Waals surface area (Å²) in [7, 11) is 0. The van der Waals surface area contributed by atoms with Crippen LogP contribution in [0.15, 0.2) is 54.7 Å². The van der Waals surface area contributed by atoms with Crippen molar-refractivity contribution in [1.29, 1.82) is 0 Å². The van der Waals surface area contributed by atoms with Gasteiger partial charge in [-0.2, -0.15) is 13.2 Å². The fraction of sp³-hybridized carbons (Fsp3) is 0.250. The number of pyridine rings is 1. The second-order valence-electron chi connectivity index (χ2n) is 7.89. The van der Waals surface area contributed by atoms with Crippen LogP contribution in [0.3, 0.4) is 0 Å². The molecule has 0 fully saturated rings. The highest BCUT2D eigenvalue weighted by Gasteiger charge is 2.35. The maximum Gasteiger partial charge on any atom is 0.416 e. The first-order valence-corrected chi connectivity index (χ1v) is 9.94. The van der Waals surface area contributed by atoms with Gasteiger partial charge < -0.3 is 9.84 Å². The van der Waals surface area contributed by atoms with Crippen molar-refractivity contribution in [2.24, 2.45) is 5.92 Å². The Balaban J connectivity index is 1.54. The van der Waals surface area contributed by atoms with Crippen LogP contribution in [0.5, 0.6) is 5.88 Å². The molecule has 4 nitrogen and oxygen atoms in total. The molecular weight excluding hydrogens is 426 g/mol. The van der Waals surface area contributed by atoms with Crippen molar-refractivity contribution in [2.75, 3.05) is 0 Å². The topological polar surface area (TPSA) is 59.4 Å². The van der Waals surface area contributed by atoms with Gasteiger partial charge >= 0.3 is 12.1 Å². The number of benzene rings is 2. The molecule has 2 atom stereocenters. The Morgan fingerprint density at radius 3 is 2.62 bits per heavy atom. The van der Waals surface area contributed by atoms with Crippen LogP contribution in [-0.4, -0.2) is 16.1 Å². The first kappa shape index (κ1) is 21.8. The van der Waals surface area contributed by atoms with Crippen molar-refractivity contribution in [1.82, 2.24) is 4.98 Å². The summed E-state index contributed by atoms with van der Waals surface area (Å²) < 4.78 is 59.0. The van der Waals surface area contributed by atoms with Crippen LogP contribution in [0.2, 0.25) is 0 Å². The fourth-order valence-corrected chi connectivity index (χ4v) is 4.06. The molecule has 1 aromatic heterocycles. The Morgan fingerprint density at radius 1 is 1.16 bits per heavy atom. The highest BCUT2D eigenvalue weighted by molar-refractivity contribution is 5.78. The molecule has 4 rings (SSSR count). The van der Waals surface area contributed by atoms with Crippen molar-refractivity contribution >= 4 is 5.97 Å². The number of aromatic nitrogens is 1. The van der Waals surface area contributed by atoms with E-state index in [0.717, 1.165) is 17.7 Å². The van der Waals surface area contributed by atoms with Crippen molar-refractivity contribution in [3.8, 4) is 17.0 Å². The molecule has 2 aromatic carbocycles. The molecule has 32 heavy (non-hydrogen) atoms. The predicted octanol–water partition coefficient (Wildman–Crippen LogP) is 5.85. The lowest BCUT2D eigenvalue weighted by molar-refractivity contribution is -0.140. The molecule has 1 heterocycles. The predicted molar refractivity (Wildman–Crippen MR) is 109 cm³/mol. The summed E-state index contributed by atoms with van der Waals surface area (Å²) >= 11 is 0. The van der Waals surface area contributed by atoms with Crippen LogP contribution >= 0.6 is 0 Å². The monoisotopic (exact) mass is 445 g/mol. The van der Waals surface area contributed by atoms with Crippen molar-refractivity contribution in [3.05, 3.63) is 82.8 Å². The first-order chi connectivity index (χ1) is 15.1. The van der Waals surface area contributed by atoms with Gasteiger partial charge in [-0.25, -0.2) is 9.37 Å². The third kappa shape index (κ3) is 4.30. The molecule has 0 aliphatic heterocycles. The summed E-state index contributed by atoms with van der Waals surface area (Å²) in [6, 6.07) is 10.5. The van der Waals surface area contributed by atoms with Crippen LogP contribution in [0, 0.1) is 11.7 Å². The molecule has 0 bridgehead atoms. The van der Waals surface area contributed by atoms with Crippen LogP contribution < -0.4 is 4.74 Å². The van der Waals surface area contributed by atoms with Crippen LogP contribution in [0.25, 0.3) is 11.1 Å². The van der Waals surface area contributed by atoms with E-state index in [1.807, 2.05) is 6.92 Å². The molecule has 0 saturated heterocycles. The van der Waals surface area contributed by atoms with Gasteiger partial charge in [0.05, 0.1) is 11.5 Å². The molecule has 3 aromatic rings. The van der Waals surface area contributed by atoms with E-state index in [2.05, 4.69) is 4.98 Å². The van der Waals surface area contributed by atoms with E-state index in [0.29, 0.717) is 23.1 Å². The lowest BCUT2D eigenvalue weighted by Crippen LogP contribution is -2.15. The summed E-state index contributed by atoms with van der Waals surface area (Å²) in [5.74, 6) is -1.92. The van der Waals surface area contributed by atoms with Gasteiger partial charge in [0.1, 0.15) is 12.4 Å². The quantitative estimate of drug-likeness (QED) is 0.501. The summed E-state index contributed by atoms with van der Waals surface area (Å²) in [6.45, 7) is 1.68. The number of aliphatic carboxylic acids is 1. The first-order valence-electron chi connectivity index (χ1n) is 9.94. The van der Waals surface area contributed by atoms with Crippen molar-refractivity contribution in [2.45, 2.75) is 32.0 Å². The van der Waals surface area contributed by atoms with Gasteiger partial charge in [-0.05, 0) is 58.9 Å². The smallest absolute Gasteiger partial charge is 0.416 e. The summed E-state index contributed by atoms with van der Waals surface area (Å²) in [5.41, 5.74) is 1.59. The van der Waals surface area contributed by atoms with E-state index in [9.17, 15) is 27.5 Å². The third-order valence-electron chi connectivity index (χ3n) is 5.66. The number of fused-ring (bicyclic) bond motifs is 1. The van der Waals surface area contributed by atoms with Gasteiger partial charge in [0.2, 0.25) is 5.88 Å². The van der Waals surface area contributed by atoms with E-state index in [-0.39, 0.29) is 24.0 Å². The number of hydrogen-bond acceptors (Lipinski definition) is 3. The van der Waals surface area contributed by atoms with Crippen molar-refractivity contribution in [3.63, 3.8) is 0 Å². The van der Waals surface area contributed by atoms with Gasteiger partial charge in [0.15, 0.2) is 0 Å². The molecule has 2 unspecified atom stereocenters. The van der Waals surface area contributed by atoms with E-state index < -0.39 is 29.4 Å². The van der Waals surface area contributed by atoms with E-state index in [4.69, 9.17) is 4.74 Å². The Morgan fingerprint density at radius 2 is 1.91 bits per heavy atom. The highest BCUT2D eigenvalue weighted by Crippen LogP contribution is 2.39. The zero-order valence-electron chi connectivity index (χ0n) is 17.0. The Labute approximate surface area is 181 Å². The second kappa shape index (κ2) is 8.26. The van der Waals surface area contributed by atoms with Crippen LogP contribution in [0.4, 0.5) is 17.6 Å². The number of nitrogens with zero attached hydrogens (tertiary/aromatic N) is 1. The van der Waals surface area contributed by atoms with Gasteiger partial charge in [-0.3, -0.25) is 4.79 Å². The molecular formula is C24H19F4NO3. The molecule has 8 heteroatoms. The standard InChI is InChI=1S/C24H19F4NO3/c1-13-7-16-10-21(29-11-19(16)22(13)23(30)31)32-12-17-8-15(5-6-20(17)25)14-3-2-4-18(9-14)24(26,27)28/h2-6,8-11,13,22H,7,12H2,1H3,(H,30,31). The molecule has 1 aliphatic carbocycles. The number of carboxylic acids is 1. The number of alkyl halides is 3. The summed E-state index contributed by atoms with van der Waals surface area (Å²) in [6.07, 6.45) is -2.43. The zero-order valence-corrected chi connectivity index (χ0v) is 17.0. The summed E-state index contributed by atoms with van der Waals surface area (Å²) in [4.78, 5) is 15.6. The number of halogens is 4. The van der Waals surface area contributed by atoms with Gasteiger partial charge in [0, 0.05) is 17.8 Å². The average Bonchev–Trinajstić information content (AvgIpc) is 3.07. The minimum absolute atomic E-state index is 0.0684. The lowest BCUT2D eigenvalue weighted by Gasteiger charge is -2.12. The maximum atomic E-state index is 14.3. The molecule has 1 aliphatic rings. The zero-order chi connectivity index (χ0) is 23.0. The Hall–Kier alpha value is -3.42. The van der Waals surface area contributed by atoms with Crippen LogP contribution in [0.1, 0.15) is 35.1 Å². The van der Waals surface area contributed by atoms with E-state index in [1.165, 1.54) is 36.5 Å². The van der Waals surface area contributed by atoms with E-state index in [1.54, 1.807) is 6.07 Å². The van der Waals surface area contributed by atoms with Gasteiger partial charge in [-0.15, -0.1) is 0 Å². The lowest BCUT2D eigenvalue weighted by atomic mass is 9.95. The fourth-order valence-electron chi connectivity index (χ4n) is 4.06. The van der Waals surface area contributed by atoms with E-state index >= 15 is 0 Å². The largest absolute Gasteiger partial charge is 0.481 e. The number of hydrogen-bond donors (Lipinski definition) is 1. The average molecular weight is 445 g/mol. The minimum atomic E-state index is -4.47. The number of ether oxygens (including phenoxy) is 1. The Bertz CT molecular complexity index is 1180. The minimum Gasteiger partial charge on any atom is -0.481 e. The second-order valence-corrected chi connectivity index (χ2v) is 7.89. The highest BCUT2D eigenvalue weighted by atomic mass is 19.4. The number of rotatable bonds is 5. The molecule has 0 amide bonds.